The number of anilines is 2. The lowest BCUT2D eigenvalue weighted by Gasteiger charge is -2.22. The predicted molar refractivity (Wildman–Crippen MR) is 80.9 cm³/mol. The Hall–Kier alpha value is -0.860. The van der Waals surface area contributed by atoms with Crippen molar-refractivity contribution in [3.8, 4) is 0 Å². The first-order valence-electron chi connectivity index (χ1n) is 6.84. The zero-order chi connectivity index (χ0) is 14.6. The van der Waals surface area contributed by atoms with E-state index < -0.39 is 9.84 Å². The van der Waals surface area contributed by atoms with Gasteiger partial charge in [-0.2, -0.15) is 4.37 Å². The summed E-state index contributed by atoms with van der Waals surface area (Å²) in [6.45, 7) is 4.06. The van der Waals surface area contributed by atoms with E-state index in [0.29, 0.717) is 23.9 Å². The van der Waals surface area contributed by atoms with E-state index in [-0.39, 0.29) is 16.5 Å². The minimum absolute atomic E-state index is 0.0941. The molecule has 0 aliphatic carbocycles. The Labute approximate surface area is 123 Å². The van der Waals surface area contributed by atoms with Crippen LogP contribution < -0.4 is 11.1 Å². The summed E-state index contributed by atoms with van der Waals surface area (Å²) in [5.41, 5.74) is 5.72. The molecule has 1 aromatic rings. The lowest BCUT2D eigenvalue weighted by Crippen LogP contribution is -2.24. The highest BCUT2D eigenvalue weighted by molar-refractivity contribution is 7.91. The second kappa shape index (κ2) is 6.73. The molecule has 1 aromatic heterocycles. The lowest BCUT2D eigenvalue weighted by molar-refractivity contribution is 0.0595. The molecule has 1 atom stereocenters. The van der Waals surface area contributed by atoms with E-state index in [2.05, 4.69) is 9.69 Å². The molecule has 0 aromatic carbocycles. The molecule has 0 bridgehead atoms. The standard InChI is InChI=1S/C12H21N3O3S2/c1-2-6-20(16,17)10-11(13)15-19-12(10)14-7-9-4-3-5-18-8-9/h9,14H,2-8H2,1H3,(H2,13,15). The van der Waals surface area contributed by atoms with Gasteiger partial charge in [0.25, 0.3) is 0 Å². The molecule has 1 saturated heterocycles. The van der Waals surface area contributed by atoms with Gasteiger partial charge in [0, 0.05) is 13.2 Å². The predicted octanol–water partition coefficient (Wildman–Crippen LogP) is 1.75. The minimum atomic E-state index is -3.35. The largest absolute Gasteiger partial charge is 0.382 e. The Morgan fingerprint density at radius 1 is 1.55 bits per heavy atom. The number of ether oxygens (including phenoxy) is 1. The van der Waals surface area contributed by atoms with E-state index in [9.17, 15) is 8.42 Å². The fourth-order valence-electron chi connectivity index (χ4n) is 2.28. The third kappa shape index (κ3) is 3.62. The smallest absolute Gasteiger partial charge is 0.185 e. The summed E-state index contributed by atoms with van der Waals surface area (Å²) in [7, 11) is -3.35. The summed E-state index contributed by atoms with van der Waals surface area (Å²) in [5, 5.41) is 3.74. The van der Waals surface area contributed by atoms with Gasteiger partial charge in [-0.1, -0.05) is 6.92 Å². The molecule has 2 rings (SSSR count). The number of hydrogen-bond acceptors (Lipinski definition) is 7. The fraction of sp³-hybridized carbons (Fsp3) is 0.750. The van der Waals surface area contributed by atoms with Crippen LogP contribution in [0.5, 0.6) is 0 Å². The quantitative estimate of drug-likeness (QED) is 0.829. The maximum absolute atomic E-state index is 12.2. The van der Waals surface area contributed by atoms with Crippen LogP contribution in [0.2, 0.25) is 0 Å². The van der Waals surface area contributed by atoms with Crippen molar-refractivity contribution in [1.82, 2.24) is 4.37 Å². The van der Waals surface area contributed by atoms with Gasteiger partial charge in [-0.05, 0) is 36.7 Å². The van der Waals surface area contributed by atoms with Crippen molar-refractivity contribution in [2.45, 2.75) is 31.1 Å². The topological polar surface area (TPSA) is 94.3 Å². The van der Waals surface area contributed by atoms with Gasteiger partial charge in [0.05, 0.1) is 12.4 Å². The molecule has 114 valence electrons. The van der Waals surface area contributed by atoms with Crippen molar-refractivity contribution in [2.75, 3.05) is 36.6 Å². The maximum Gasteiger partial charge on any atom is 0.185 e. The van der Waals surface area contributed by atoms with Crippen LogP contribution in [0.3, 0.4) is 0 Å². The van der Waals surface area contributed by atoms with E-state index in [1.807, 2.05) is 6.92 Å². The van der Waals surface area contributed by atoms with Crippen LogP contribution in [0, 0.1) is 5.92 Å². The third-order valence-corrected chi connectivity index (χ3v) is 6.19. The Balaban J connectivity index is 2.08. The van der Waals surface area contributed by atoms with Gasteiger partial charge in [0.15, 0.2) is 15.7 Å². The fourth-order valence-corrected chi connectivity index (χ4v) is 4.91. The number of nitrogens with zero attached hydrogens (tertiary/aromatic N) is 1. The SMILES string of the molecule is CCCS(=O)(=O)c1c(N)nsc1NCC1CCCOC1. The van der Waals surface area contributed by atoms with E-state index in [0.717, 1.165) is 37.6 Å². The van der Waals surface area contributed by atoms with E-state index in [1.54, 1.807) is 0 Å². The molecule has 1 aliphatic heterocycles. The van der Waals surface area contributed by atoms with Crippen molar-refractivity contribution < 1.29 is 13.2 Å². The Morgan fingerprint density at radius 3 is 3.00 bits per heavy atom. The zero-order valence-electron chi connectivity index (χ0n) is 11.6. The van der Waals surface area contributed by atoms with Gasteiger partial charge >= 0.3 is 0 Å². The van der Waals surface area contributed by atoms with Crippen molar-refractivity contribution in [3.05, 3.63) is 0 Å². The van der Waals surface area contributed by atoms with Crippen LogP contribution in [0.4, 0.5) is 10.8 Å². The van der Waals surface area contributed by atoms with Crippen LogP contribution in [0.15, 0.2) is 4.90 Å². The number of sulfone groups is 1. The number of nitrogens with one attached hydrogen (secondary N) is 1. The second-order valence-electron chi connectivity index (χ2n) is 5.01. The summed E-state index contributed by atoms with van der Waals surface area (Å²) in [5.74, 6) is 0.608. The number of nitrogen functional groups attached to an aromatic ring is 1. The minimum Gasteiger partial charge on any atom is -0.382 e. The average Bonchev–Trinajstić information content (AvgIpc) is 2.79. The van der Waals surface area contributed by atoms with Gasteiger partial charge in [0.1, 0.15) is 9.90 Å². The van der Waals surface area contributed by atoms with Crippen molar-refractivity contribution in [1.29, 1.82) is 0 Å². The molecule has 0 radical (unpaired) electrons. The molecule has 8 heteroatoms. The van der Waals surface area contributed by atoms with Crippen molar-refractivity contribution in [2.24, 2.45) is 5.92 Å². The van der Waals surface area contributed by atoms with Crippen LogP contribution in [0.25, 0.3) is 0 Å². The zero-order valence-corrected chi connectivity index (χ0v) is 13.2. The molecule has 2 heterocycles. The van der Waals surface area contributed by atoms with Crippen LogP contribution in [-0.2, 0) is 14.6 Å². The number of nitrogens with two attached hydrogens (primary N) is 1. The molecule has 1 unspecified atom stereocenters. The second-order valence-corrected chi connectivity index (χ2v) is 7.83. The molecule has 0 spiro atoms. The summed E-state index contributed by atoms with van der Waals surface area (Å²) >= 11 is 1.11. The Kier molecular flexibility index (Phi) is 5.22. The van der Waals surface area contributed by atoms with Crippen LogP contribution in [0.1, 0.15) is 26.2 Å². The van der Waals surface area contributed by atoms with Gasteiger partial charge in [-0.3, -0.25) is 0 Å². The summed E-state index contributed by atoms with van der Waals surface area (Å²) in [6, 6.07) is 0. The van der Waals surface area contributed by atoms with Crippen molar-refractivity contribution in [3.63, 3.8) is 0 Å². The van der Waals surface area contributed by atoms with Crippen LogP contribution >= 0.6 is 11.5 Å². The summed E-state index contributed by atoms with van der Waals surface area (Å²) < 4.78 is 33.8. The van der Waals surface area contributed by atoms with E-state index in [1.165, 1.54) is 0 Å². The molecule has 0 saturated carbocycles. The van der Waals surface area contributed by atoms with Crippen molar-refractivity contribution >= 4 is 32.2 Å². The third-order valence-electron chi connectivity index (χ3n) is 3.26. The number of rotatable bonds is 6. The Morgan fingerprint density at radius 2 is 2.35 bits per heavy atom. The summed E-state index contributed by atoms with van der Waals surface area (Å²) in [4.78, 5) is 0.168. The van der Waals surface area contributed by atoms with E-state index in [4.69, 9.17) is 10.5 Å². The lowest BCUT2D eigenvalue weighted by atomic mass is 10.0. The average molecular weight is 319 g/mol. The van der Waals surface area contributed by atoms with Gasteiger partial charge in [-0.25, -0.2) is 8.42 Å². The Bertz CT molecular complexity index is 536. The highest BCUT2D eigenvalue weighted by Crippen LogP contribution is 2.33. The molecule has 6 nitrogen and oxygen atoms in total. The molecule has 1 fully saturated rings. The normalized spacial score (nSPS) is 19.9. The first kappa shape index (κ1) is 15.5. The molecular formula is C12H21N3O3S2. The molecule has 1 aliphatic rings. The number of hydrogen-bond donors (Lipinski definition) is 2. The van der Waals surface area contributed by atoms with Gasteiger partial charge in [-0.15, -0.1) is 0 Å². The first-order valence-corrected chi connectivity index (χ1v) is 9.26. The number of aromatic nitrogens is 1. The van der Waals surface area contributed by atoms with Crippen LogP contribution in [-0.4, -0.2) is 38.3 Å². The molecule has 20 heavy (non-hydrogen) atoms. The monoisotopic (exact) mass is 319 g/mol. The highest BCUT2D eigenvalue weighted by atomic mass is 32.2. The highest BCUT2D eigenvalue weighted by Gasteiger charge is 2.25. The van der Waals surface area contributed by atoms with E-state index >= 15 is 0 Å². The van der Waals surface area contributed by atoms with Gasteiger partial charge < -0.3 is 15.8 Å². The first-order chi connectivity index (χ1) is 9.54. The maximum atomic E-state index is 12.2. The van der Waals surface area contributed by atoms with Gasteiger partial charge in [0.2, 0.25) is 0 Å². The molecular weight excluding hydrogens is 298 g/mol. The molecule has 3 N–H and O–H groups in total. The molecule has 0 amide bonds. The summed E-state index contributed by atoms with van der Waals surface area (Å²) in [6.07, 6.45) is 2.71.